The monoisotopic (exact) mass is 244 g/mol. The molecule has 0 aliphatic carbocycles. The molecule has 4 atom stereocenters. The molecule has 1 saturated heterocycles. The first-order chi connectivity index (χ1) is 6.66. The molecule has 0 saturated carbocycles. The Labute approximate surface area is 85.3 Å². The van der Waals surface area contributed by atoms with Crippen LogP contribution in [0.4, 0.5) is 0 Å². The molecule has 1 aliphatic rings. The van der Waals surface area contributed by atoms with Gasteiger partial charge in [0, 0.05) is 0 Å². The summed E-state index contributed by atoms with van der Waals surface area (Å²) in [6, 6.07) is 0. The lowest BCUT2D eigenvalue weighted by atomic mass is 10.1. The standard InChI is InChI=1S/C6H13O8P/c1-3-4(7)5(8)6(9,14-3)2-13-15(10,11)12/h3-5,7-9H,2H2,1H3,(H2,10,11,12). The van der Waals surface area contributed by atoms with Crippen molar-refractivity contribution in [3.63, 3.8) is 0 Å². The van der Waals surface area contributed by atoms with E-state index in [0.717, 1.165) is 0 Å². The molecule has 0 bridgehead atoms. The van der Waals surface area contributed by atoms with Crippen molar-refractivity contribution in [2.24, 2.45) is 0 Å². The first-order valence-electron chi connectivity index (χ1n) is 4.12. The minimum absolute atomic E-state index is 0.856. The molecule has 0 aromatic rings. The number of ether oxygens (including phenoxy) is 1. The summed E-state index contributed by atoms with van der Waals surface area (Å²) in [6.07, 6.45) is -3.88. The average molecular weight is 244 g/mol. The molecule has 1 heterocycles. The quantitative estimate of drug-likeness (QED) is 0.357. The highest BCUT2D eigenvalue weighted by Gasteiger charge is 2.52. The molecule has 9 heteroatoms. The Hall–Kier alpha value is -0.0500. The van der Waals surface area contributed by atoms with E-state index >= 15 is 0 Å². The number of phosphoric ester groups is 1. The van der Waals surface area contributed by atoms with E-state index in [-0.39, 0.29) is 0 Å². The average Bonchev–Trinajstić information content (AvgIpc) is 2.27. The number of aliphatic hydroxyl groups excluding tert-OH is 2. The first-order valence-corrected chi connectivity index (χ1v) is 5.65. The summed E-state index contributed by atoms with van der Waals surface area (Å²) >= 11 is 0. The van der Waals surface area contributed by atoms with Crippen LogP contribution < -0.4 is 0 Å². The van der Waals surface area contributed by atoms with E-state index < -0.39 is 38.5 Å². The highest BCUT2D eigenvalue weighted by atomic mass is 31.2. The summed E-state index contributed by atoms with van der Waals surface area (Å²) in [4.78, 5) is 16.8. The number of phosphoric acid groups is 1. The molecule has 15 heavy (non-hydrogen) atoms. The van der Waals surface area contributed by atoms with Gasteiger partial charge in [0.05, 0.1) is 6.10 Å². The molecule has 0 spiro atoms. The van der Waals surface area contributed by atoms with Crippen LogP contribution in [-0.2, 0) is 13.8 Å². The van der Waals surface area contributed by atoms with Gasteiger partial charge in [0.1, 0.15) is 18.8 Å². The van der Waals surface area contributed by atoms with Gasteiger partial charge in [-0.05, 0) is 6.92 Å². The SMILES string of the molecule is CC1OC(O)(COP(=O)(O)O)C(O)C1O. The van der Waals surface area contributed by atoms with Gasteiger partial charge >= 0.3 is 7.82 Å². The summed E-state index contributed by atoms with van der Waals surface area (Å²) in [5.74, 6) is -2.31. The van der Waals surface area contributed by atoms with Crippen LogP contribution in [0.3, 0.4) is 0 Å². The summed E-state index contributed by atoms with van der Waals surface area (Å²) in [5.41, 5.74) is 0. The van der Waals surface area contributed by atoms with Crippen LogP contribution in [0.5, 0.6) is 0 Å². The Bertz CT molecular complexity index is 276. The van der Waals surface area contributed by atoms with Gasteiger partial charge in [-0.1, -0.05) is 0 Å². The Morgan fingerprint density at radius 2 is 2.00 bits per heavy atom. The van der Waals surface area contributed by atoms with Crippen molar-refractivity contribution in [3.8, 4) is 0 Å². The zero-order valence-corrected chi connectivity index (χ0v) is 8.74. The van der Waals surface area contributed by atoms with Crippen LogP contribution in [0.15, 0.2) is 0 Å². The van der Waals surface area contributed by atoms with Crippen molar-refractivity contribution in [1.82, 2.24) is 0 Å². The Kier molecular flexibility index (Phi) is 3.54. The van der Waals surface area contributed by atoms with Gasteiger partial charge in [-0.15, -0.1) is 0 Å². The zero-order valence-electron chi connectivity index (χ0n) is 7.85. The van der Waals surface area contributed by atoms with Crippen LogP contribution in [0.2, 0.25) is 0 Å². The van der Waals surface area contributed by atoms with Crippen molar-refractivity contribution in [2.45, 2.75) is 31.0 Å². The van der Waals surface area contributed by atoms with Crippen LogP contribution >= 0.6 is 7.82 Å². The number of hydrogen-bond donors (Lipinski definition) is 5. The molecule has 0 aromatic carbocycles. The fourth-order valence-electron chi connectivity index (χ4n) is 1.28. The fraction of sp³-hybridized carbons (Fsp3) is 1.00. The lowest BCUT2D eigenvalue weighted by Gasteiger charge is -2.25. The normalized spacial score (nSPS) is 42.1. The number of hydrogen-bond acceptors (Lipinski definition) is 6. The van der Waals surface area contributed by atoms with Crippen molar-refractivity contribution in [2.75, 3.05) is 6.61 Å². The van der Waals surface area contributed by atoms with Crippen molar-refractivity contribution in [1.29, 1.82) is 0 Å². The second kappa shape index (κ2) is 4.08. The lowest BCUT2D eigenvalue weighted by Crippen LogP contribution is -2.46. The maximum Gasteiger partial charge on any atom is 0.469 e. The molecule has 4 unspecified atom stereocenters. The largest absolute Gasteiger partial charge is 0.469 e. The van der Waals surface area contributed by atoms with Crippen LogP contribution in [0.25, 0.3) is 0 Å². The van der Waals surface area contributed by atoms with E-state index in [4.69, 9.17) is 14.5 Å². The maximum absolute atomic E-state index is 10.4. The van der Waals surface area contributed by atoms with Gasteiger partial charge in [-0.3, -0.25) is 4.52 Å². The molecular weight excluding hydrogens is 231 g/mol. The molecule has 0 aromatic heterocycles. The second-order valence-corrected chi connectivity index (χ2v) is 4.61. The third kappa shape index (κ3) is 2.96. The van der Waals surface area contributed by atoms with Crippen LogP contribution in [0, 0.1) is 0 Å². The van der Waals surface area contributed by atoms with Gasteiger partial charge in [-0.25, -0.2) is 4.57 Å². The third-order valence-corrected chi connectivity index (χ3v) is 2.56. The first kappa shape index (κ1) is 13.0. The summed E-state index contributed by atoms with van der Waals surface area (Å²) in [7, 11) is -4.76. The third-order valence-electron chi connectivity index (χ3n) is 2.10. The van der Waals surface area contributed by atoms with E-state index in [1.54, 1.807) is 0 Å². The molecule has 5 N–H and O–H groups in total. The topological polar surface area (TPSA) is 137 Å². The van der Waals surface area contributed by atoms with E-state index in [2.05, 4.69) is 4.52 Å². The van der Waals surface area contributed by atoms with Gasteiger partial charge in [-0.2, -0.15) is 0 Å². The minimum atomic E-state index is -4.76. The predicted molar refractivity (Wildman–Crippen MR) is 45.5 cm³/mol. The maximum atomic E-state index is 10.4. The van der Waals surface area contributed by atoms with Gasteiger partial charge in [0.15, 0.2) is 0 Å². The summed E-state index contributed by atoms with van der Waals surface area (Å²) in [6.45, 7) is 0.461. The van der Waals surface area contributed by atoms with E-state index in [0.29, 0.717) is 0 Å². The van der Waals surface area contributed by atoms with Gasteiger partial charge in [0.2, 0.25) is 5.79 Å². The predicted octanol–water partition coefficient (Wildman–Crippen LogP) is -2.08. The molecular formula is C6H13O8P. The van der Waals surface area contributed by atoms with Crippen LogP contribution in [-0.4, -0.2) is 55.8 Å². The zero-order chi connectivity index (χ0) is 11.9. The molecule has 1 aliphatic heterocycles. The summed E-state index contributed by atoms with van der Waals surface area (Å²) < 4.78 is 19.1. The number of rotatable bonds is 3. The van der Waals surface area contributed by atoms with Crippen molar-refractivity contribution < 1.29 is 38.9 Å². The van der Waals surface area contributed by atoms with Gasteiger partial charge < -0.3 is 29.8 Å². The summed E-state index contributed by atoms with van der Waals surface area (Å²) in [5, 5.41) is 28.1. The molecule has 1 fully saturated rings. The number of aliphatic hydroxyl groups is 3. The molecule has 1 rings (SSSR count). The Morgan fingerprint density at radius 1 is 1.47 bits per heavy atom. The van der Waals surface area contributed by atoms with Crippen molar-refractivity contribution >= 4 is 7.82 Å². The molecule has 0 radical (unpaired) electrons. The van der Waals surface area contributed by atoms with E-state index in [1.165, 1.54) is 6.92 Å². The Balaban J connectivity index is 2.64. The van der Waals surface area contributed by atoms with Crippen LogP contribution in [0.1, 0.15) is 6.92 Å². The van der Waals surface area contributed by atoms with E-state index in [9.17, 15) is 19.9 Å². The fourth-order valence-corrected chi connectivity index (χ4v) is 1.63. The Morgan fingerprint density at radius 3 is 2.33 bits per heavy atom. The smallest absolute Gasteiger partial charge is 0.387 e. The van der Waals surface area contributed by atoms with Gasteiger partial charge in [0.25, 0.3) is 0 Å². The molecule has 0 amide bonds. The second-order valence-electron chi connectivity index (χ2n) is 3.37. The van der Waals surface area contributed by atoms with E-state index in [1.807, 2.05) is 0 Å². The highest BCUT2D eigenvalue weighted by molar-refractivity contribution is 7.46. The molecule has 8 nitrogen and oxygen atoms in total. The molecule has 90 valence electrons. The lowest BCUT2D eigenvalue weighted by molar-refractivity contribution is -0.241. The van der Waals surface area contributed by atoms with Crippen molar-refractivity contribution in [3.05, 3.63) is 0 Å². The highest BCUT2D eigenvalue weighted by Crippen LogP contribution is 2.39. The minimum Gasteiger partial charge on any atom is -0.387 e.